The largest absolute Gasteiger partial charge is 0.306 e. The first-order chi connectivity index (χ1) is 8.26. The van der Waals surface area contributed by atoms with Gasteiger partial charge in [0.15, 0.2) is 0 Å². The monoisotopic (exact) mass is 250 g/mol. The smallest absolute Gasteiger partial charge is 0.0242 e. The van der Waals surface area contributed by atoms with Gasteiger partial charge in [-0.15, -0.1) is 0 Å². The molecule has 1 spiro atoms. The van der Waals surface area contributed by atoms with Crippen molar-refractivity contribution in [3.05, 3.63) is 22.4 Å². The van der Waals surface area contributed by atoms with E-state index in [9.17, 15) is 0 Å². The number of hydrogen-bond acceptors (Lipinski definition) is 3. The molecule has 0 saturated carbocycles. The molecule has 1 aromatic rings. The number of likely N-dealkylation sites (tertiary alicyclic amines) is 2. The fourth-order valence-electron chi connectivity index (χ4n) is 3.30. The predicted molar refractivity (Wildman–Crippen MR) is 73.4 cm³/mol. The van der Waals surface area contributed by atoms with E-state index >= 15 is 0 Å². The maximum Gasteiger partial charge on any atom is 0.0242 e. The second-order valence-electron chi connectivity index (χ2n) is 5.90. The molecule has 3 heteroatoms. The Hall–Kier alpha value is -0.380. The molecule has 0 aromatic carbocycles. The van der Waals surface area contributed by atoms with Crippen molar-refractivity contribution < 1.29 is 0 Å². The van der Waals surface area contributed by atoms with Crippen LogP contribution in [0.15, 0.2) is 16.8 Å². The zero-order valence-electron chi connectivity index (χ0n) is 10.7. The van der Waals surface area contributed by atoms with Gasteiger partial charge in [0.25, 0.3) is 0 Å². The molecule has 0 atom stereocenters. The van der Waals surface area contributed by atoms with E-state index in [0.29, 0.717) is 5.41 Å². The van der Waals surface area contributed by atoms with Crippen LogP contribution in [0, 0.1) is 5.41 Å². The molecule has 1 aromatic heterocycles. The van der Waals surface area contributed by atoms with Gasteiger partial charge in [0.05, 0.1) is 0 Å². The molecule has 0 aliphatic carbocycles. The van der Waals surface area contributed by atoms with E-state index in [2.05, 4.69) is 33.7 Å². The molecule has 0 radical (unpaired) electrons. The lowest BCUT2D eigenvalue weighted by Gasteiger charge is -2.37. The second kappa shape index (κ2) is 4.71. The molecule has 2 aliphatic rings. The van der Waals surface area contributed by atoms with Crippen LogP contribution in [0.1, 0.15) is 24.8 Å². The molecule has 3 heterocycles. The minimum atomic E-state index is 0.655. The SMILES string of the molecule is CN1CCC2(CC1)CCN(Cc1ccsc1)C2. The van der Waals surface area contributed by atoms with E-state index in [4.69, 9.17) is 0 Å². The van der Waals surface area contributed by atoms with Crippen molar-refractivity contribution in [2.45, 2.75) is 25.8 Å². The van der Waals surface area contributed by atoms with E-state index in [-0.39, 0.29) is 0 Å². The molecule has 0 N–H and O–H groups in total. The first kappa shape index (κ1) is 11.7. The summed E-state index contributed by atoms with van der Waals surface area (Å²) in [7, 11) is 2.25. The molecule has 17 heavy (non-hydrogen) atoms. The van der Waals surface area contributed by atoms with Crippen LogP contribution in [-0.4, -0.2) is 43.0 Å². The van der Waals surface area contributed by atoms with Crippen molar-refractivity contribution >= 4 is 11.3 Å². The van der Waals surface area contributed by atoms with Gasteiger partial charge in [0.1, 0.15) is 0 Å². The highest BCUT2D eigenvalue weighted by Gasteiger charge is 2.39. The Morgan fingerprint density at radius 3 is 2.71 bits per heavy atom. The van der Waals surface area contributed by atoms with Gasteiger partial charge < -0.3 is 4.90 Å². The van der Waals surface area contributed by atoms with E-state index in [1.165, 1.54) is 57.5 Å². The molecular formula is C14H22N2S. The highest BCUT2D eigenvalue weighted by atomic mass is 32.1. The van der Waals surface area contributed by atoms with Crippen LogP contribution < -0.4 is 0 Å². The topological polar surface area (TPSA) is 6.48 Å². The third-order valence-corrected chi connectivity index (χ3v) is 5.28. The molecule has 94 valence electrons. The number of rotatable bonds is 2. The Morgan fingerprint density at radius 1 is 1.24 bits per heavy atom. The van der Waals surface area contributed by atoms with E-state index in [1.807, 2.05) is 11.3 Å². The first-order valence-electron chi connectivity index (χ1n) is 6.68. The summed E-state index contributed by atoms with van der Waals surface area (Å²) in [5.41, 5.74) is 2.16. The highest BCUT2D eigenvalue weighted by Crippen LogP contribution is 2.40. The van der Waals surface area contributed by atoms with Gasteiger partial charge in [0, 0.05) is 13.1 Å². The summed E-state index contributed by atoms with van der Waals surface area (Å²) in [5.74, 6) is 0. The average molecular weight is 250 g/mol. The van der Waals surface area contributed by atoms with Gasteiger partial charge in [0.2, 0.25) is 0 Å². The molecule has 2 nitrogen and oxygen atoms in total. The normalized spacial score (nSPS) is 25.7. The molecular weight excluding hydrogens is 228 g/mol. The van der Waals surface area contributed by atoms with Crippen LogP contribution in [0.5, 0.6) is 0 Å². The zero-order valence-corrected chi connectivity index (χ0v) is 11.5. The number of hydrogen-bond donors (Lipinski definition) is 0. The Morgan fingerprint density at radius 2 is 2.00 bits per heavy atom. The third-order valence-electron chi connectivity index (χ3n) is 4.55. The summed E-state index contributed by atoms with van der Waals surface area (Å²) in [6, 6.07) is 2.27. The van der Waals surface area contributed by atoms with Gasteiger partial charge in [-0.05, 0) is 73.7 Å². The molecule has 2 fully saturated rings. The fourth-order valence-corrected chi connectivity index (χ4v) is 3.96. The Kier molecular flexibility index (Phi) is 3.24. The van der Waals surface area contributed by atoms with E-state index < -0.39 is 0 Å². The molecule has 0 unspecified atom stereocenters. The van der Waals surface area contributed by atoms with Gasteiger partial charge in [-0.2, -0.15) is 11.3 Å². The van der Waals surface area contributed by atoms with Crippen molar-refractivity contribution in [2.75, 3.05) is 33.2 Å². The zero-order chi connectivity index (χ0) is 11.7. The third kappa shape index (κ3) is 2.56. The molecule has 2 aliphatic heterocycles. The van der Waals surface area contributed by atoms with Crippen LogP contribution >= 0.6 is 11.3 Å². The highest BCUT2D eigenvalue weighted by molar-refractivity contribution is 7.07. The van der Waals surface area contributed by atoms with E-state index in [1.54, 1.807) is 0 Å². The first-order valence-corrected chi connectivity index (χ1v) is 7.62. The lowest BCUT2D eigenvalue weighted by atomic mass is 9.78. The Balaban J connectivity index is 1.58. The predicted octanol–water partition coefficient (Wildman–Crippen LogP) is 2.67. The molecule has 0 amide bonds. The summed E-state index contributed by atoms with van der Waals surface area (Å²) >= 11 is 1.82. The number of nitrogens with zero attached hydrogens (tertiary/aromatic N) is 2. The van der Waals surface area contributed by atoms with Gasteiger partial charge in [-0.1, -0.05) is 0 Å². The minimum absolute atomic E-state index is 0.655. The second-order valence-corrected chi connectivity index (χ2v) is 6.68. The summed E-state index contributed by atoms with van der Waals surface area (Å²) in [6.07, 6.45) is 4.23. The van der Waals surface area contributed by atoms with E-state index in [0.717, 1.165) is 0 Å². The van der Waals surface area contributed by atoms with Crippen molar-refractivity contribution in [3.63, 3.8) is 0 Å². The van der Waals surface area contributed by atoms with Crippen molar-refractivity contribution in [3.8, 4) is 0 Å². The lowest BCUT2D eigenvalue weighted by Crippen LogP contribution is -2.39. The summed E-state index contributed by atoms with van der Waals surface area (Å²) in [6.45, 7) is 6.40. The standard InChI is InChI=1S/C14H22N2S/c1-15-6-3-14(4-7-15)5-8-16(12-14)10-13-2-9-17-11-13/h2,9,11H,3-8,10,12H2,1H3. The van der Waals surface area contributed by atoms with Crippen molar-refractivity contribution in [1.82, 2.24) is 9.80 Å². The summed E-state index contributed by atoms with van der Waals surface area (Å²) < 4.78 is 0. The van der Waals surface area contributed by atoms with Crippen molar-refractivity contribution in [1.29, 1.82) is 0 Å². The fraction of sp³-hybridized carbons (Fsp3) is 0.714. The minimum Gasteiger partial charge on any atom is -0.306 e. The molecule has 0 bridgehead atoms. The average Bonchev–Trinajstić information content (AvgIpc) is 2.95. The summed E-state index contributed by atoms with van der Waals surface area (Å²) in [4.78, 5) is 5.14. The molecule has 3 rings (SSSR count). The number of thiophene rings is 1. The quantitative estimate of drug-likeness (QED) is 0.796. The van der Waals surface area contributed by atoms with Crippen LogP contribution in [0.4, 0.5) is 0 Å². The van der Waals surface area contributed by atoms with Crippen LogP contribution in [0.2, 0.25) is 0 Å². The maximum atomic E-state index is 2.66. The van der Waals surface area contributed by atoms with Crippen LogP contribution in [-0.2, 0) is 6.54 Å². The van der Waals surface area contributed by atoms with Gasteiger partial charge in [-0.3, -0.25) is 4.90 Å². The van der Waals surface area contributed by atoms with Gasteiger partial charge in [-0.25, -0.2) is 0 Å². The Labute approximate surface area is 108 Å². The number of piperidine rings is 1. The van der Waals surface area contributed by atoms with Crippen LogP contribution in [0.3, 0.4) is 0 Å². The summed E-state index contributed by atoms with van der Waals surface area (Å²) in [5, 5.41) is 4.48. The maximum absolute atomic E-state index is 2.66. The van der Waals surface area contributed by atoms with Crippen LogP contribution in [0.25, 0.3) is 0 Å². The van der Waals surface area contributed by atoms with Gasteiger partial charge >= 0.3 is 0 Å². The molecule has 2 saturated heterocycles. The Bertz CT molecular complexity index is 352. The van der Waals surface area contributed by atoms with Crippen molar-refractivity contribution in [2.24, 2.45) is 5.41 Å². The lowest BCUT2D eigenvalue weighted by molar-refractivity contribution is 0.125.